The first-order valence-electron chi connectivity index (χ1n) is 6.61. The zero-order valence-corrected chi connectivity index (χ0v) is 12.4. The van der Waals surface area contributed by atoms with Crippen molar-refractivity contribution in [2.75, 3.05) is 7.11 Å². The quantitative estimate of drug-likeness (QED) is 0.905. The third-order valence-corrected chi connectivity index (χ3v) is 3.59. The Morgan fingerprint density at radius 1 is 1.38 bits per heavy atom. The highest BCUT2D eigenvalue weighted by Crippen LogP contribution is 2.31. The maximum atomic E-state index is 11.2. The summed E-state index contributed by atoms with van der Waals surface area (Å²) in [7, 11) is 1.58. The maximum absolute atomic E-state index is 11.2. The number of hydrogen-bond donors (Lipinski definition) is 1. The SMILES string of the molecule is COc1ccc(C)cc1-c1nnnn1C(C)C(C)C(=O)O. The molecule has 7 nitrogen and oxygen atoms in total. The number of methoxy groups -OCH3 is 1. The number of carboxylic acid groups (broad SMARTS) is 1. The number of carboxylic acids is 1. The van der Waals surface area contributed by atoms with Crippen molar-refractivity contribution >= 4 is 5.97 Å². The lowest BCUT2D eigenvalue weighted by Crippen LogP contribution is -2.23. The summed E-state index contributed by atoms with van der Waals surface area (Å²) in [6.45, 7) is 5.37. The molecule has 0 aliphatic rings. The number of nitrogens with zero attached hydrogens (tertiary/aromatic N) is 4. The molecule has 0 saturated heterocycles. The summed E-state index contributed by atoms with van der Waals surface area (Å²) in [4.78, 5) is 11.2. The molecule has 0 fully saturated rings. The molecule has 1 N–H and O–H groups in total. The molecule has 0 radical (unpaired) electrons. The molecule has 2 unspecified atom stereocenters. The smallest absolute Gasteiger partial charge is 0.308 e. The van der Waals surface area contributed by atoms with Crippen molar-refractivity contribution in [3.63, 3.8) is 0 Å². The molecule has 2 atom stereocenters. The number of ether oxygens (including phenoxy) is 1. The van der Waals surface area contributed by atoms with Gasteiger partial charge in [0.05, 0.1) is 24.6 Å². The molecule has 112 valence electrons. The molecule has 21 heavy (non-hydrogen) atoms. The van der Waals surface area contributed by atoms with Crippen LogP contribution >= 0.6 is 0 Å². The fourth-order valence-electron chi connectivity index (χ4n) is 2.06. The summed E-state index contributed by atoms with van der Waals surface area (Å²) in [5.41, 5.74) is 1.78. The number of aromatic nitrogens is 4. The van der Waals surface area contributed by atoms with Crippen LogP contribution < -0.4 is 4.74 Å². The van der Waals surface area contributed by atoms with Crippen LogP contribution in [-0.2, 0) is 4.79 Å². The Balaban J connectivity index is 2.50. The topological polar surface area (TPSA) is 90.1 Å². The Bertz CT molecular complexity index is 653. The van der Waals surface area contributed by atoms with Gasteiger partial charge in [-0.05, 0) is 43.3 Å². The first-order valence-corrected chi connectivity index (χ1v) is 6.61. The largest absolute Gasteiger partial charge is 0.496 e. The van der Waals surface area contributed by atoms with E-state index in [1.54, 1.807) is 21.0 Å². The van der Waals surface area contributed by atoms with Crippen LogP contribution in [0.2, 0.25) is 0 Å². The number of tetrazole rings is 1. The first-order chi connectivity index (χ1) is 9.95. The van der Waals surface area contributed by atoms with Gasteiger partial charge in [0.1, 0.15) is 5.75 Å². The highest BCUT2D eigenvalue weighted by Gasteiger charge is 2.26. The van der Waals surface area contributed by atoms with Gasteiger partial charge >= 0.3 is 5.97 Å². The lowest BCUT2D eigenvalue weighted by atomic mass is 10.0. The van der Waals surface area contributed by atoms with Gasteiger partial charge < -0.3 is 9.84 Å². The predicted molar refractivity (Wildman–Crippen MR) is 76.1 cm³/mol. The minimum Gasteiger partial charge on any atom is -0.496 e. The zero-order valence-electron chi connectivity index (χ0n) is 12.4. The highest BCUT2D eigenvalue weighted by molar-refractivity contribution is 5.70. The van der Waals surface area contributed by atoms with Crippen LogP contribution in [0.5, 0.6) is 5.75 Å². The normalized spacial score (nSPS) is 13.7. The number of rotatable bonds is 5. The summed E-state index contributed by atoms with van der Waals surface area (Å²) in [5, 5.41) is 20.8. The molecule has 0 aliphatic carbocycles. The summed E-state index contributed by atoms with van der Waals surface area (Å²) >= 11 is 0. The molecule has 7 heteroatoms. The van der Waals surface area contributed by atoms with Crippen LogP contribution in [0, 0.1) is 12.8 Å². The average Bonchev–Trinajstić information content (AvgIpc) is 2.94. The minimum absolute atomic E-state index is 0.377. The minimum atomic E-state index is -0.889. The summed E-state index contributed by atoms with van der Waals surface area (Å²) in [6, 6.07) is 5.31. The van der Waals surface area contributed by atoms with Gasteiger partial charge in [0, 0.05) is 0 Å². The molecule has 1 aromatic heterocycles. The van der Waals surface area contributed by atoms with Gasteiger partial charge in [-0.3, -0.25) is 4.79 Å². The maximum Gasteiger partial charge on any atom is 0.308 e. The lowest BCUT2D eigenvalue weighted by molar-refractivity contribution is -0.142. The number of aryl methyl sites for hydroxylation is 1. The highest BCUT2D eigenvalue weighted by atomic mass is 16.5. The van der Waals surface area contributed by atoms with Crippen molar-refractivity contribution in [3.8, 4) is 17.1 Å². The van der Waals surface area contributed by atoms with Gasteiger partial charge in [0.15, 0.2) is 5.82 Å². The molecule has 0 amide bonds. The van der Waals surface area contributed by atoms with Crippen LogP contribution in [-0.4, -0.2) is 38.4 Å². The molecule has 2 rings (SSSR count). The second-order valence-corrected chi connectivity index (χ2v) is 5.02. The zero-order chi connectivity index (χ0) is 15.6. The van der Waals surface area contributed by atoms with Gasteiger partial charge in [-0.15, -0.1) is 5.10 Å². The van der Waals surface area contributed by atoms with Crippen LogP contribution in [0.1, 0.15) is 25.5 Å². The lowest BCUT2D eigenvalue weighted by Gasteiger charge is -2.18. The predicted octanol–water partition coefficient (Wildman–Crippen LogP) is 1.94. The summed E-state index contributed by atoms with van der Waals surface area (Å²) in [5.74, 6) is -0.355. The Hall–Kier alpha value is -2.44. The van der Waals surface area contributed by atoms with Crippen LogP contribution in [0.4, 0.5) is 0 Å². The van der Waals surface area contributed by atoms with Gasteiger partial charge in [-0.2, -0.15) is 0 Å². The van der Waals surface area contributed by atoms with Crippen molar-refractivity contribution in [1.29, 1.82) is 0 Å². The van der Waals surface area contributed by atoms with Crippen molar-refractivity contribution < 1.29 is 14.6 Å². The van der Waals surface area contributed by atoms with Crippen molar-refractivity contribution in [3.05, 3.63) is 23.8 Å². The third kappa shape index (κ3) is 2.86. The van der Waals surface area contributed by atoms with E-state index >= 15 is 0 Å². The van der Waals surface area contributed by atoms with E-state index in [0.717, 1.165) is 11.1 Å². The number of aliphatic carboxylic acids is 1. The van der Waals surface area contributed by atoms with Crippen molar-refractivity contribution in [2.45, 2.75) is 26.8 Å². The Kier molecular flexibility index (Phi) is 4.21. The third-order valence-electron chi connectivity index (χ3n) is 3.59. The van der Waals surface area contributed by atoms with Gasteiger partial charge in [-0.1, -0.05) is 11.6 Å². The van der Waals surface area contributed by atoms with Gasteiger partial charge in [-0.25, -0.2) is 4.68 Å². The molecule has 0 bridgehead atoms. The number of carbonyl (C=O) groups is 1. The van der Waals surface area contributed by atoms with Gasteiger partial charge in [0.25, 0.3) is 0 Å². The Morgan fingerprint density at radius 3 is 2.71 bits per heavy atom. The average molecular weight is 290 g/mol. The molecule has 2 aromatic rings. The molecule has 0 aliphatic heterocycles. The van der Waals surface area contributed by atoms with Crippen LogP contribution in [0.15, 0.2) is 18.2 Å². The van der Waals surface area contributed by atoms with E-state index in [9.17, 15) is 4.79 Å². The second kappa shape index (κ2) is 5.90. The van der Waals surface area contributed by atoms with E-state index in [-0.39, 0.29) is 6.04 Å². The fourth-order valence-corrected chi connectivity index (χ4v) is 2.06. The van der Waals surface area contributed by atoms with E-state index in [1.807, 2.05) is 25.1 Å². The standard InChI is InChI=1S/C14H18N4O3/c1-8-5-6-12(21-4)11(7-8)13-15-16-17-18(13)10(3)9(2)14(19)20/h5-7,9-10H,1-4H3,(H,19,20). The molecule has 1 heterocycles. The van der Waals surface area contributed by atoms with E-state index in [1.165, 1.54) is 4.68 Å². The molecule has 0 spiro atoms. The molecule has 1 aromatic carbocycles. The van der Waals surface area contributed by atoms with Gasteiger partial charge in [0.2, 0.25) is 0 Å². The van der Waals surface area contributed by atoms with E-state index in [0.29, 0.717) is 11.6 Å². The molecular formula is C14H18N4O3. The first kappa shape index (κ1) is 15.0. The Labute approximate surface area is 122 Å². The number of benzene rings is 1. The van der Waals surface area contributed by atoms with Crippen molar-refractivity contribution in [2.24, 2.45) is 5.92 Å². The monoisotopic (exact) mass is 290 g/mol. The second-order valence-electron chi connectivity index (χ2n) is 5.02. The molecular weight excluding hydrogens is 272 g/mol. The summed E-state index contributed by atoms with van der Waals surface area (Å²) in [6.07, 6.45) is 0. The van der Waals surface area contributed by atoms with E-state index in [4.69, 9.17) is 9.84 Å². The fraction of sp³-hybridized carbons (Fsp3) is 0.429. The van der Waals surface area contributed by atoms with E-state index in [2.05, 4.69) is 15.5 Å². The van der Waals surface area contributed by atoms with E-state index < -0.39 is 11.9 Å². The summed E-state index contributed by atoms with van der Waals surface area (Å²) < 4.78 is 6.87. The van der Waals surface area contributed by atoms with Crippen LogP contribution in [0.25, 0.3) is 11.4 Å². The number of hydrogen-bond acceptors (Lipinski definition) is 5. The van der Waals surface area contributed by atoms with Crippen LogP contribution in [0.3, 0.4) is 0 Å². The van der Waals surface area contributed by atoms with Crippen molar-refractivity contribution in [1.82, 2.24) is 20.2 Å². The Morgan fingerprint density at radius 2 is 2.10 bits per heavy atom. The molecule has 0 saturated carbocycles.